The maximum atomic E-state index is 12.0. The molecule has 5 nitrogen and oxygen atoms in total. The van der Waals surface area contributed by atoms with E-state index in [9.17, 15) is 4.79 Å². The minimum atomic E-state index is -0.186. The summed E-state index contributed by atoms with van der Waals surface area (Å²) in [5, 5.41) is 11.7. The van der Waals surface area contributed by atoms with E-state index in [1.807, 2.05) is 20.8 Å². The van der Waals surface area contributed by atoms with Crippen LogP contribution in [0.2, 0.25) is 0 Å². The number of ether oxygens (including phenoxy) is 2. The average molecular weight is 281 g/mol. The summed E-state index contributed by atoms with van der Waals surface area (Å²) in [4.78, 5) is 12.0. The first-order chi connectivity index (χ1) is 9.62. The molecule has 0 aliphatic carbocycles. The van der Waals surface area contributed by atoms with Gasteiger partial charge in [-0.1, -0.05) is 6.92 Å². The number of nitrogens with one attached hydrogen (secondary N) is 1. The van der Waals surface area contributed by atoms with Crippen molar-refractivity contribution in [3.05, 3.63) is 23.8 Å². The summed E-state index contributed by atoms with van der Waals surface area (Å²) in [6, 6.07) is 5.11. The van der Waals surface area contributed by atoms with Crippen molar-refractivity contribution in [1.82, 2.24) is 5.32 Å². The molecule has 1 atom stereocenters. The normalized spacial score (nSPS) is 11.8. The zero-order chi connectivity index (χ0) is 15.0. The van der Waals surface area contributed by atoms with Gasteiger partial charge in [0.1, 0.15) is 0 Å². The Morgan fingerprint density at radius 2 is 1.90 bits per heavy atom. The number of aliphatic hydroxyl groups excluding tert-OH is 1. The largest absolute Gasteiger partial charge is 0.490 e. The summed E-state index contributed by atoms with van der Waals surface area (Å²) in [6.45, 7) is 7.18. The molecule has 0 saturated carbocycles. The van der Waals surface area contributed by atoms with Gasteiger partial charge in [0.05, 0.1) is 13.2 Å². The second kappa shape index (κ2) is 8.43. The Morgan fingerprint density at radius 1 is 1.25 bits per heavy atom. The van der Waals surface area contributed by atoms with E-state index in [0.717, 1.165) is 0 Å². The van der Waals surface area contributed by atoms with Crippen LogP contribution in [-0.4, -0.2) is 37.4 Å². The molecule has 0 spiro atoms. The number of carbonyl (C=O) groups excluding carboxylic acids is 1. The van der Waals surface area contributed by atoms with Gasteiger partial charge in [-0.2, -0.15) is 0 Å². The standard InChI is InChI=1S/C15H23NO4/c1-4-19-13-7-6-12(8-14(13)20-5-2)15(18)16-9-11(3)10-17/h6-8,11,17H,4-5,9-10H2,1-3H3,(H,16,18). The number of amides is 1. The highest BCUT2D eigenvalue weighted by molar-refractivity contribution is 5.94. The predicted octanol–water partition coefficient (Wildman–Crippen LogP) is 1.84. The minimum Gasteiger partial charge on any atom is -0.490 e. The third kappa shape index (κ3) is 4.74. The second-order valence-electron chi connectivity index (χ2n) is 4.53. The van der Waals surface area contributed by atoms with Gasteiger partial charge in [-0.05, 0) is 38.0 Å². The summed E-state index contributed by atoms with van der Waals surface area (Å²) in [5.74, 6) is 1.05. The van der Waals surface area contributed by atoms with E-state index in [1.165, 1.54) is 0 Å². The van der Waals surface area contributed by atoms with E-state index in [-0.39, 0.29) is 18.4 Å². The van der Waals surface area contributed by atoms with Gasteiger partial charge in [-0.15, -0.1) is 0 Å². The molecule has 1 amide bonds. The number of hydrogen-bond acceptors (Lipinski definition) is 4. The van der Waals surface area contributed by atoms with Crippen molar-refractivity contribution in [1.29, 1.82) is 0 Å². The molecule has 1 aromatic carbocycles. The summed E-state index contributed by atoms with van der Waals surface area (Å²) < 4.78 is 10.9. The number of benzene rings is 1. The van der Waals surface area contributed by atoms with Crippen molar-refractivity contribution in [2.24, 2.45) is 5.92 Å². The van der Waals surface area contributed by atoms with Crippen molar-refractivity contribution >= 4 is 5.91 Å². The predicted molar refractivity (Wildman–Crippen MR) is 77.4 cm³/mol. The van der Waals surface area contributed by atoms with Crippen LogP contribution in [0.1, 0.15) is 31.1 Å². The molecule has 0 aliphatic rings. The third-order valence-electron chi connectivity index (χ3n) is 2.73. The molecule has 1 unspecified atom stereocenters. The monoisotopic (exact) mass is 281 g/mol. The van der Waals surface area contributed by atoms with Gasteiger partial charge in [-0.25, -0.2) is 0 Å². The lowest BCUT2D eigenvalue weighted by Crippen LogP contribution is -2.29. The van der Waals surface area contributed by atoms with Gasteiger partial charge >= 0.3 is 0 Å². The lowest BCUT2D eigenvalue weighted by atomic mass is 10.1. The zero-order valence-corrected chi connectivity index (χ0v) is 12.3. The highest BCUT2D eigenvalue weighted by Gasteiger charge is 2.12. The van der Waals surface area contributed by atoms with Crippen molar-refractivity contribution in [2.45, 2.75) is 20.8 Å². The highest BCUT2D eigenvalue weighted by Crippen LogP contribution is 2.28. The first-order valence-electron chi connectivity index (χ1n) is 6.91. The average Bonchev–Trinajstić information content (AvgIpc) is 2.46. The molecule has 5 heteroatoms. The van der Waals surface area contributed by atoms with E-state index < -0.39 is 0 Å². The molecule has 20 heavy (non-hydrogen) atoms. The lowest BCUT2D eigenvalue weighted by Gasteiger charge is -2.13. The van der Waals surface area contributed by atoms with Crippen LogP contribution in [0.25, 0.3) is 0 Å². The number of hydrogen-bond donors (Lipinski definition) is 2. The molecule has 0 fully saturated rings. The Bertz CT molecular complexity index is 434. The van der Waals surface area contributed by atoms with Crippen molar-refractivity contribution in [2.75, 3.05) is 26.4 Å². The van der Waals surface area contributed by atoms with Crippen LogP contribution in [0.4, 0.5) is 0 Å². The fourth-order valence-electron chi connectivity index (χ4n) is 1.63. The summed E-state index contributed by atoms with van der Waals surface area (Å²) in [5.41, 5.74) is 0.516. The van der Waals surface area contributed by atoms with Crippen molar-refractivity contribution in [3.8, 4) is 11.5 Å². The molecule has 0 saturated heterocycles. The van der Waals surface area contributed by atoms with Crippen LogP contribution in [0, 0.1) is 5.92 Å². The van der Waals surface area contributed by atoms with E-state index in [0.29, 0.717) is 36.8 Å². The molecule has 0 aromatic heterocycles. The zero-order valence-electron chi connectivity index (χ0n) is 12.3. The maximum Gasteiger partial charge on any atom is 0.251 e. The molecule has 112 valence electrons. The fraction of sp³-hybridized carbons (Fsp3) is 0.533. The number of carbonyl (C=O) groups is 1. The Labute approximate surface area is 119 Å². The molecule has 1 aromatic rings. The van der Waals surface area contributed by atoms with Gasteiger partial charge in [0.25, 0.3) is 5.91 Å². The van der Waals surface area contributed by atoms with Crippen LogP contribution in [-0.2, 0) is 0 Å². The summed E-state index contributed by atoms with van der Waals surface area (Å²) in [7, 11) is 0. The Morgan fingerprint density at radius 3 is 2.50 bits per heavy atom. The minimum absolute atomic E-state index is 0.0352. The molecule has 0 bridgehead atoms. The van der Waals surface area contributed by atoms with Crippen LogP contribution in [0.5, 0.6) is 11.5 Å². The fourth-order valence-corrected chi connectivity index (χ4v) is 1.63. The van der Waals surface area contributed by atoms with E-state index in [4.69, 9.17) is 14.6 Å². The highest BCUT2D eigenvalue weighted by atomic mass is 16.5. The third-order valence-corrected chi connectivity index (χ3v) is 2.73. The van der Waals surface area contributed by atoms with E-state index in [1.54, 1.807) is 18.2 Å². The molecule has 0 heterocycles. The van der Waals surface area contributed by atoms with Gasteiger partial charge in [0, 0.05) is 18.7 Å². The number of rotatable bonds is 8. The van der Waals surface area contributed by atoms with Crippen LogP contribution in [0.15, 0.2) is 18.2 Å². The van der Waals surface area contributed by atoms with Crippen molar-refractivity contribution < 1.29 is 19.4 Å². The quantitative estimate of drug-likeness (QED) is 0.763. The van der Waals surface area contributed by atoms with E-state index >= 15 is 0 Å². The SMILES string of the molecule is CCOc1ccc(C(=O)NCC(C)CO)cc1OCC. The van der Waals surface area contributed by atoms with Gasteiger partial charge in [0.2, 0.25) is 0 Å². The topological polar surface area (TPSA) is 67.8 Å². The van der Waals surface area contributed by atoms with Gasteiger partial charge in [0.15, 0.2) is 11.5 Å². The van der Waals surface area contributed by atoms with Crippen LogP contribution >= 0.6 is 0 Å². The van der Waals surface area contributed by atoms with Gasteiger partial charge in [-0.3, -0.25) is 4.79 Å². The molecule has 0 aliphatic heterocycles. The summed E-state index contributed by atoms with van der Waals surface area (Å²) in [6.07, 6.45) is 0. The smallest absolute Gasteiger partial charge is 0.251 e. The van der Waals surface area contributed by atoms with Gasteiger partial charge < -0.3 is 19.9 Å². The molecule has 2 N–H and O–H groups in total. The first-order valence-corrected chi connectivity index (χ1v) is 6.91. The molecular weight excluding hydrogens is 258 g/mol. The van der Waals surface area contributed by atoms with E-state index in [2.05, 4.69) is 5.32 Å². The lowest BCUT2D eigenvalue weighted by molar-refractivity contribution is 0.0941. The second-order valence-corrected chi connectivity index (χ2v) is 4.53. The van der Waals surface area contributed by atoms with Crippen LogP contribution < -0.4 is 14.8 Å². The summed E-state index contributed by atoms with van der Waals surface area (Å²) >= 11 is 0. The van der Waals surface area contributed by atoms with Crippen LogP contribution in [0.3, 0.4) is 0 Å². The van der Waals surface area contributed by atoms with Crippen molar-refractivity contribution in [3.63, 3.8) is 0 Å². The maximum absolute atomic E-state index is 12.0. The molecular formula is C15H23NO4. The Balaban J connectivity index is 2.79. The first kappa shape index (κ1) is 16.3. The Kier molecular flexibility index (Phi) is 6.87. The molecule has 0 radical (unpaired) electrons. The number of aliphatic hydroxyl groups is 1. The molecule has 1 rings (SSSR count). The Hall–Kier alpha value is -1.75.